The van der Waals surface area contributed by atoms with Crippen LogP contribution in [0.1, 0.15) is 42.2 Å². The third-order valence-corrected chi connectivity index (χ3v) is 4.93. The molecule has 0 aliphatic carbocycles. The SMILES string of the molecule is O=C(O)CCCC(=O)N1N=C(c2cccs2)C[C@@H]1c1ccc(F)cc1. The van der Waals surface area contributed by atoms with Gasteiger partial charge in [0, 0.05) is 19.3 Å². The number of carbonyl (C=O) groups is 2. The van der Waals surface area contributed by atoms with Gasteiger partial charge in [0.05, 0.1) is 16.6 Å². The maximum atomic E-state index is 13.2. The van der Waals surface area contributed by atoms with Gasteiger partial charge in [0.2, 0.25) is 5.91 Å². The summed E-state index contributed by atoms with van der Waals surface area (Å²) < 4.78 is 13.2. The number of carboxylic acid groups (broad SMARTS) is 1. The Morgan fingerprint density at radius 3 is 2.64 bits per heavy atom. The van der Waals surface area contributed by atoms with E-state index in [2.05, 4.69) is 5.10 Å². The standard InChI is InChI=1S/C18H17FN2O3S/c19-13-8-6-12(7-9-13)15-11-14(16-3-2-10-25-16)20-21(15)17(22)4-1-5-18(23)24/h2-3,6-10,15H,1,4-5,11H2,(H,23,24)/t15-/m1/s1. The van der Waals surface area contributed by atoms with Gasteiger partial charge < -0.3 is 5.11 Å². The Hall–Kier alpha value is -2.54. The fourth-order valence-electron chi connectivity index (χ4n) is 2.78. The van der Waals surface area contributed by atoms with Gasteiger partial charge in [-0.2, -0.15) is 5.10 Å². The van der Waals surface area contributed by atoms with Crippen LogP contribution >= 0.6 is 11.3 Å². The molecule has 0 saturated carbocycles. The molecule has 1 N–H and O–H groups in total. The Balaban J connectivity index is 1.81. The van der Waals surface area contributed by atoms with Crippen LogP contribution in [0.15, 0.2) is 46.9 Å². The molecule has 1 atom stereocenters. The molecular weight excluding hydrogens is 343 g/mol. The van der Waals surface area contributed by atoms with E-state index in [4.69, 9.17) is 5.11 Å². The molecule has 0 saturated heterocycles. The van der Waals surface area contributed by atoms with E-state index >= 15 is 0 Å². The number of halogens is 1. The third-order valence-electron chi connectivity index (χ3n) is 4.01. The van der Waals surface area contributed by atoms with Crippen LogP contribution in [0.4, 0.5) is 4.39 Å². The number of thiophene rings is 1. The van der Waals surface area contributed by atoms with Gasteiger partial charge in [-0.15, -0.1) is 11.3 Å². The van der Waals surface area contributed by atoms with E-state index in [9.17, 15) is 14.0 Å². The largest absolute Gasteiger partial charge is 0.481 e. The van der Waals surface area contributed by atoms with Gasteiger partial charge >= 0.3 is 5.97 Å². The minimum absolute atomic E-state index is 0.0533. The summed E-state index contributed by atoms with van der Waals surface area (Å²) in [5, 5.41) is 16.6. The van der Waals surface area contributed by atoms with Crippen molar-refractivity contribution in [2.45, 2.75) is 31.7 Å². The van der Waals surface area contributed by atoms with Crippen LogP contribution < -0.4 is 0 Å². The molecule has 1 aliphatic heterocycles. The molecule has 0 spiro atoms. The number of hydrogen-bond acceptors (Lipinski definition) is 4. The maximum Gasteiger partial charge on any atom is 0.303 e. The minimum Gasteiger partial charge on any atom is -0.481 e. The molecule has 2 aromatic rings. The average molecular weight is 360 g/mol. The predicted octanol–water partition coefficient (Wildman–Crippen LogP) is 3.82. The molecular formula is C18H17FN2O3S. The Morgan fingerprint density at radius 2 is 2.00 bits per heavy atom. The number of aliphatic carboxylic acids is 1. The second kappa shape index (κ2) is 7.57. The number of carbonyl (C=O) groups excluding carboxylic acids is 1. The van der Waals surface area contributed by atoms with E-state index < -0.39 is 5.97 Å². The first kappa shape index (κ1) is 17.3. The molecule has 1 aliphatic rings. The van der Waals surface area contributed by atoms with Gasteiger partial charge in [-0.05, 0) is 35.6 Å². The van der Waals surface area contributed by atoms with Crippen molar-refractivity contribution in [3.8, 4) is 0 Å². The number of carboxylic acids is 1. The molecule has 0 radical (unpaired) electrons. The van der Waals surface area contributed by atoms with Crippen molar-refractivity contribution in [1.82, 2.24) is 5.01 Å². The number of hydrogen-bond donors (Lipinski definition) is 1. The first-order chi connectivity index (χ1) is 12.0. The van der Waals surface area contributed by atoms with Crippen LogP contribution in [-0.2, 0) is 9.59 Å². The molecule has 0 bridgehead atoms. The van der Waals surface area contributed by atoms with E-state index in [0.717, 1.165) is 16.2 Å². The number of hydrazone groups is 1. The highest BCUT2D eigenvalue weighted by Crippen LogP contribution is 2.34. The molecule has 1 aromatic carbocycles. The highest BCUT2D eigenvalue weighted by atomic mass is 32.1. The number of nitrogens with zero attached hydrogens (tertiary/aromatic N) is 2. The summed E-state index contributed by atoms with van der Waals surface area (Å²) in [6.45, 7) is 0. The summed E-state index contributed by atoms with van der Waals surface area (Å²) in [6.07, 6.45) is 0.884. The third kappa shape index (κ3) is 4.11. The molecule has 0 fully saturated rings. The Bertz CT molecular complexity index is 787. The second-order valence-corrected chi connectivity index (χ2v) is 6.73. The van der Waals surface area contributed by atoms with Crippen LogP contribution in [0, 0.1) is 5.82 Å². The smallest absolute Gasteiger partial charge is 0.303 e. The zero-order chi connectivity index (χ0) is 17.8. The van der Waals surface area contributed by atoms with E-state index in [0.29, 0.717) is 6.42 Å². The summed E-state index contributed by atoms with van der Waals surface area (Å²) >= 11 is 1.55. The molecule has 3 rings (SSSR count). The van der Waals surface area contributed by atoms with Gasteiger partial charge in [0.25, 0.3) is 0 Å². The van der Waals surface area contributed by atoms with Crippen LogP contribution in [0.25, 0.3) is 0 Å². The monoisotopic (exact) mass is 360 g/mol. The van der Waals surface area contributed by atoms with E-state index in [1.807, 2.05) is 17.5 Å². The molecule has 1 amide bonds. The molecule has 0 unspecified atom stereocenters. The van der Waals surface area contributed by atoms with Gasteiger partial charge in [-0.3, -0.25) is 9.59 Å². The lowest BCUT2D eigenvalue weighted by Gasteiger charge is -2.22. The summed E-state index contributed by atoms with van der Waals surface area (Å²) in [5.74, 6) is -1.48. The number of benzene rings is 1. The van der Waals surface area contributed by atoms with E-state index in [-0.39, 0.29) is 37.0 Å². The topological polar surface area (TPSA) is 70.0 Å². The van der Waals surface area contributed by atoms with Crippen molar-refractivity contribution in [2.24, 2.45) is 5.10 Å². The zero-order valence-corrected chi connectivity index (χ0v) is 14.2. The molecule has 2 heterocycles. The predicted molar refractivity (Wildman–Crippen MR) is 92.9 cm³/mol. The summed E-state index contributed by atoms with van der Waals surface area (Å²) in [4.78, 5) is 24.2. The first-order valence-electron chi connectivity index (χ1n) is 7.95. The van der Waals surface area contributed by atoms with Gasteiger partial charge in [-0.25, -0.2) is 9.40 Å². The van der Waals surface area contributed by atoms with Crippen LogP contribution in [-0.4, -0.2) is 27.7 Å². The molecule has 130 valence electrons. The van der Waals surface area contributed by atoms with E-state index in [1.54, 1.807) is 23.5 Å². The zero-order valence-electron chi connectivity index (χ0n) is 13.4. The van der Waals surface area contributed by atoms with Crippen molar-refractivity contribution < 1.29 is 19.1 Å². The van der Waals surface area contributed by atoms with Gasteiger partial charge in [-0.1, -0.05) is 18.2 Å². The lowest BCUT2D eigenvalue weighted by atomic mass is 10.0. The van der Waals surface area contributed by atoms with Crippen LogP contribution in [0.2, 0.25) is 0 Å². The number of rotatable bonds is 6. The lowest BCUT2D eigenvalue weighted by molar-refractivity contribution is -0.137. The van der Waals surface area contributed by atoms with Crippen molar-refractivity contribution >= 4 is 28.9 Å². The normalized spacial score (nSPS) is 16.8. The molecule has 7 heteroatoms. The van der Waals surface area contributed by atoms with Crippen LogP contribution in [0.3, 0.4) is 0 Å². The highest BCUT2D eigenvalue weighted by molar-refractivity contribution is 7.12. The molecule has 25 heavy (non-hydrogen) atoms. The summed E-state index contributed by atoms with van der Waals surface area (Å²) in [5.41, 5.74) is 1.62. The van der Waals surface area contributed by atoms with Crippen molar-refractivity contribution in [3.63, 3.8) is 0 Å². The molecule has 5 nitrogen and oxygen atoms in total. The maximum absolute atomic E-state index is 13.2. The quantitative estimate of drug-likeness (QED) is 0.851. The fourth-order valence-corrected chi connectivity index (χ4v) is 3.50. The highest BCUT2D eigenvalue weighted by Gasteiger charge is 2.33. The van der Waals surface area contributed by atoms with Crippen molar-refractivity contribution in [1.29, 1.82) is 0 Å². The Kier molecular flexibility index (Phi) is 5.23. The minimum atomic E-state index is -0.924. The lowest BCUT2D eigenvalue weighted by Crippen LogP contribution is -2.27. The second-order valence-electron chi connectivity index (χ2n) is 5.78. The first-order valence-corrected chi connectivity index (χ1v) is 8.83. The fraction of sp³-hybridized carbons (Fsp3) is 0.278. The van der Waals surface area contributed by atoms with Gasteiger partial charge in [0.15, 0.2) is 0 Å². The summed E-state index contributed by atoms with van der Waals surface area (Å²) in [7, 11) is 0. The van der Waals surface area contributed by atoms with E-state index in [1.165, 1.54) is 17.1 Å². The van der Waals surface area contributed by atoms with Crippen molar-refractivity contribution in [2.75, 3.05) is 0 Å². The Labute approximate surface area is 148 Å². The molecule has 1 aromatic heterocycles. The van der Waals surface area contributed by atoms with Gasteiger partial charge in [0.1, 0.15) is 5.82 Å². The summed E-state index contributed by atoms with van der Waals surface area (Å²) in [6, 6.07) is 9.62. The van der Waals surface area contributed by atoms with Crippen LogP contribution in [0.5, 0.6) is 0 Å². The Morgan fingerprint density at radius 1 is 1.24 bits per heavy atom. The van der Waals surface area contributed by atoms with Crippen molar-refractivity contribution in [3.05, 3.63) is 58.0 Å². The number of amides is 1. The average Bonchev–Trinajstić information content (AvgIpc) is 3.24.